The van der Waals surface area contributed by atoms with Gasteiger partial charge in [0, 0.05) is 0 Å². The van der Waals surface area contributed by atoms with Crippen LogP contribution in [0, 0.1) is 0 Å². The first-order valence-corrected chi connectivity index (χ1v) is 6.69. The van der Waals surface area contributed by atoms with Crippen LogP contribution in [-0.2, 0) is 5.60 Å². The van der Waals surface area contributed by atoms with E-state index in [9.17, 15) is 9.90 Å². The van der Waals surface area contributed by atoms with Crippen LogP contribution in [0.15, 0.2) is 45.7 Å². The Bertz CT molecular complexity index is 567. The number of carbonyl (C=O) groups excluding carboxylic acids is 1. The van der Waals surface area contributed by atoms with E-state index in [4.69, 9.17) is 4.42 Å². The van der Waals surface area contributed by atoms with Gasteiger partial charge in [-0.3, -0.25) is 0 Å². The molecule has 3 N–H and O–H groups in total. The van der Waals surface area contributed by atoms with Crippen LogP contribution >= 0.6 is 15.9 Å². The molecule has 0 bridgehead atoms. The SMILES string of the molecule is CC(O)(CNC(=O)Nc1ccc(Br)nc1)c1ccco1. The van der Waals surface area contributed by atoms with E-state index in [1.807, 2.05) is 0 Å². The smallest absolute Gasteiger partial charge is 0.319 e. The third-order valence-electron chi connectivity index (χ3n) is 2.63. The molecular formula is C13H14BrN3O3. The molecule has 0 saturated heterocycles. The van der Waals surface area contributed by atoms with Gasteiger partial charge in [-0.25, -0.2) is 9.78 Å². The molecule has 0 aromatic carbocycles. The molecule has 1 unspecified atom stereocenters. The summed E-state index contributed by atoms with van der Waals surface area (Å²) in [4.78, 5) is 15.7. The lowest BCUT2D eigenvalue weighted by molar-refractivity contribution is 0.0372. The van der Waals surface area contributed by atoms with Crippen molar-refractivity contribution in [3.63, 3.8) is 0 Å². The Morgan fingerprint density at radius 3 is 2.90 bits per heavy atom. The van der Waals surface area contributed by atoms with Gasteiger partial charge in [0.05, 0.1) is 24.7 Å². The maximum absolute atomic E-state index is 11.7. The average molecular weight is 340 g/mol. The van der Waals surface area contributed by atoms with Crippen molar-refractivity contribution in [2.45, 2.75) is 12.5 Å². The summed E-state index contributed by atoms with van der Waals surface area (Å²) < 4.78 is 5.81. The highest BCUT2D eigenvalue weighted by Gasteiger charge is 2.26. The molecule has 0 aliphatic rings. The number of urea groups is 1. The molecule has 20 heavy (non-hydrogen) atoms. The molecular weight excluding hydrogens is 326 g/mol. The number of nitrogens with zero attached hydrogens (tertiary/aromatic N) is 1. The van der Waals surface area contributed by atoms with E-state index in [1.54, 1.807) is 31.2 Å². The van der Waals surface area contributed by atoms with Crippen molar-refractivity contribution in [2.75, 3.05) is 11.9 Å². The molecule has 2 amide bonds. The summed E-state index contributed by atoms with van der Waals surface area (Å²) in [6.45, 7) is 1.59. The van der Waals surface area contributed by atoms with Crippen molar-refractivity contribution in [1.29, 1.82) is 0 Å². The second-order valence-corrected chi connectivity index (χ2v) is 5.24. The van der Waals surface area contributed by atoms with Crippen LogP contribution in [0.3, 0.4) is 0 Å². The number of nitrogens with one attached hydrogen (secondary N) is 2. The van der Waals surface area contributed by atoms with Gasteiger partial charge in [-0.2, -0.15) is 0 Å². The quantitative estimate of drug-likeness (QED) is 0.746. The summed E-state index contributed by atoms with van der Waals surface area (Å²) in [6, 6.07) is 6.33. The fraction of sp³-hybridized carbons (Fsp3) is 0.231. The normalized spacial score (nSPS) is 13.6. The summed E-state index contributed by atoms with van der Waals surface area (Å²) in [5, 5.41) is 15.4. The molecule has 2 rings (SSSR count). The summed E-state index contributed by atoms with van der Waals surface area (Å²) >= 11 is 3.21. The van der Waals surface area contributed by atoms with E-state index in [0.717, 1.165) is 0 Å². The number of carbonyl (C=O) groups is 1. The molecule has 2 aromatic heterocycles. The lowest BCUT2D eigenvalue weighted by Gasteiger charge is -2.21. The molecule has 2 aromatic rings. The van der Waals surface area contributed by atoms with Crippen molar-refractivity contribution in [2.24, 2.45) is 0 Å². The van der Waals surface area contributed by atoms with Crippen molar-refractivity contribution in [3.05, 3.63) is 47.1 Å². The van der Waals surface area contributed by atoms with E-state index in [0.29, 0.717) is 16.1 Å². The van der Waals surface area contributed by atoms with Gasteiger partial charge in [0.2, 0.25) is 0 Å². The van der Waals surface area contributed by atoms with Gasteiger partial charge >= 0.3 is 6.03 Å². The molecule has 0 radical (unpaired) electrons. The largest absolute Gasteiger partial charge is 0.466 e. The Hall–Kier alpha value is -1.86. The predicted molar refractivity (Wildman–Crippen MR) is 77.2 cm³/mol. The minimum Gasteiger partial charge on any atom is -0.466 e. The zero-order valence-electron chi connectivity index (χ0n) is 10.8. The minimum absolute atomic E-state index is 0.0241. The summed E-state index contributed by atoms with van der Waals surface area (Å²) in [5.74, 6) is 0.392. The van der Waals surface area contributed by atoms with Crippen LogP contribution in [0.5, 0.6) is 0 Å². The molecule has 0 fully saturated rings. The maximum atomic E-state index is 11.7. The molecule has 2 heterocycles. The molecule has 6 nitrogen and oxygen atoms in total. The summed E-state index contributed by atoms with van der Waals surface area (Å²) in [6.07, 6.45) is 2.99. The lowest BCUT2D eigenvalue weighted by atomic mass is 10.0. The Balaban J connectivity index is 1.88. The van der Waals surface area contributed by atoms with Gasteiger partial charge in [0.15, 0.2) is 0 Å². The zero-order chi connectivity index (χ0) is 14.6. The number of halogens is 1. The van der Waals surface area contributed by atoms with Crippen molar-refractivity contribution >= 4 is 27.6 Å². The van der Waals surface area contributed by atoms with E-state index in [1.165, 1.54) is 12.5 Å². The molecule has 0 aliphatic carbocycles. The Morgan fingerprint density at radius 1 is 1.50 bits per heavy atom. The van der Waals surface area contributed by atoms with Gasteiger partial charge < -0.3 is 20.2 Å². The Labute approximate surface area is 124 Å². The van der Waals surface area contributed by atoms with Crippen LogP contribution in [0.2, 0.25) is 0 Å². The third-order valence-corrected chi connectivity index (χ3v) is 3.10. The summed E-state index contributed by atoms with van der Waals surface area (Å²) in [7, 11) is 0. The number of aliphatic hydroxyl groups is 1. The van der Waals surface area contributed by atoms with E-state index < -0.39 is 11.6 Å². The first kappa shape index (κ1) is 14.5. The second-order valence-electron chi connectivity index (χ2n) is 4.43. The fourth-order valence-electron chi connectivity index (χ4n) is 1.55. The maximum Gasteiger partial charge on any atom is 0.319 e. The number of furan rings is 1. The Morgan fingerprint density at radius 2 is 2.30 bits per heavy atom. The third kappa shape index (κ3) is 3.82. The second kappa shape index (κ2) is 6.06. The van der Waals surface area contributed by atoms with E-state index in [2.05, 4.69) is 31.5 Å². The number of hydrogen-bond donors (Lipinski definition) is 3. The van der Waals surface area contributed by atoms with E-state index in [-0.39, 0.29) is 6.54 Å². The highest BCUT2D eigenvalue weighted by molar-refractivity contribution is 9.10. The molecule has 0 saturated carbocycles. The van der Waals surface area contributed by atoms with Crippen LogP contribution in [0.1, 0.15) is 12.7 Å². The molecule has 0 spiro atoms. The number of pyridine rings is 1. The van der Waals surface area contributed by atoms with Gasteiger partial charge in [-0.05, 0) is 47.1 Å². The topological polar surface area (TPSA) is 87.4 Å². The van der Waals surface area contributed by atoms with E-state index >= 15 is 0 Å². The van der Waals surface area contributed by atoms with Gasteiger partial charge in [0.1, 0.15) is 16.0 Å². The molecule has 1 atom stereocenters. The zero-order valence-corrected chi connectivity index (χ0v) is 12.3. The highest BCUT2D eigenvalue weighted by atomic mass is 79.9. The van der Waals surface area contributed by atoms with Gasteiger partial charge in [-0.1, -0.05) is 0 Å². The Kier molecular flexibility index (Phi) is 4.41. The van der Waals surface area contributed by atoms with Crippen LogP contribution in [0.25, 0.3) is 0 Å². The monoisotopic (exact) mass is 339 g/mol. The predicted octanol–water partition coefficient (Wildman–Crippen LogP) is 2.47. The number of aromatic nitrogens is 1. The van der Waals surface area contributed by atoms with Crippen LogP contribution < -0.4 is 10.6 Å². The first-order chi connectivity index (χ1) is 9.47. The lowest BCUT2D eigenvalue weighted by Crippen LogP contribution is -2.40. The van der Waals surface area contributed by atoms with Crippen LogP contribution in [0.4, 0.5) is 10.5 Å². The van der Waals surface area contributed by atoms with Crippen LogP contribution in [-0.4, -0.2) is 22.7 Å². The number of rotatable bonds is 4. The average Bonchev–Trinajstić information content (AvgIpc) is 2.94. The number of hydrogen-bond acceptors (Lipinski definition) is 4. The minimum atomic E-state index is -1.27. The van der Waals surface area contributed by atoms with Crippen molar-refractivity contribution < 1.29 is 14.3 Å². The highest BCUT2D eigenvalue weighted by Crippen LogP contribution is 2.19. The van der Waals surface area contributed by atoms with Gasteiger partial charge in [0.25, 0.3) is 0 Å². The standard InChI is InChI=1S/C13H14BrN3O3/c1-13(19,10-3-2-6-20-10)8-16-12(18)17-9-4-5-11(14)15-7-9/h2-7,19H,8H2,1H3,(H2,16,17,18). The molecule has 7 heteroatoms. The number of amides is 2. The van der Waals surface area contributed by atoms with Gasteiger partial charge in [-0.15, -0.1) is 0 Å². The summed E-state index contributed by atoms with van der Waals surface area (Å²) in [5.41, 5.74) is -0.706. The first-order valence-electron chi connectivity index (χ1n) is 5.90. The molecule has 0 aliphatic heterocycles. The van der Waals surface area contributed by atoms with Crippen molar-refractivity contribution in [3.8, 4) is 0 Å². The van der Waals surface area contributed by atoms with Crippen molar-refractivity contribution in [1.82, 2.24) is 10.3 Å². The molecule has 106 valence electrons. The number of anilines is 1. The fourth-order valence-corrected chi connectivity index (χ4v) is 1.78.